The summed E-state index contributed by atoms with van der Waals surface area (Å²) in [6.45, 7) is 1.03. The molecule has 0 saturated heterocycles. The molecule has 0 aliphatic carbocycles. The first-order valence-corrected chi connectivity index (χ1v) is 6.42. The molecule has 20 heavy (non-hydrogen) atoms. The maximum atomic E-state index is 13.5. The van der Waals surface area contributed by atoms with Crippen LogP contribution < -0.4 is 14.8 Å². The highest BCUT2D eigenvalue weighted by molar-refractivity contribution is 5.37. The smallest absolute Gasteiger partial charge is 0.165 e. The number of nitrogens with one attached hydrogen (secondary N) is 1. The average Bonchev–Trinajstić information content (AvgIpc) is 2.47. The van der Waals surface area contributed by atoms with E-state index in [4.69, 9.17) is 9.47 Å². The molecular formula is C16H18FNO2. The van der Waals surface area contributed by atoms with Crippen LogP contribution in [0.1, 0.15) is 11.1 Å². The quantitative estimate of drug-likeness (QED) is 0.878. The summed E-state index contributed by atoms with van der Waals surface area (Å²) in [7, 11) is 3.50. The maximum Gasteiger partial charge on any atom is 0.165 e. The maximum absolute atomic E-state index is 13.5. The van der Waals surface area contributed by atoms with E-state index in [1.54, 1.807) is 25.3 Å². The number of ether oxygens (including phenoxy) is 2. The fourth-order valence-electron chi connectivity index (χ4n) is 1.98. The summed E-state index contributed by atoms with van der Waals surface area (Å²) in [6.07, 6.45) is 0. The first-order valence-electron chi connectivity index (χ1n) is 6.42. The van der Waals surface area contributed by atoms with E-state index in [0.29, 0.717) is 0 Å². The Labute approximate surface area is 118 Å². The van der Waals surface area contributed by atoms with Gasteiger partial charge < -0.3 is 14.8 Å². The van der Waals surface area contributed by atoms with Crippen molar-refractivity contribution in [3.63, 3.8) is 0 Å². The van der Waals surface area contributed by atoms with E-state index in [9.17, 15) is 4.39 Å². The van der Waals surface area contributed by atoms with Gasteiger partial charge in [-0.25, -0.2) is 4.39 Å². The fraction of sp³-hybridized carbons (Fsp3) is 0.250. The third-order valence-corrected chi connectivity index (χ3v) is 2.95. The van der Waals surface area contributed by atoms with Crippen LogP contribution in [0.15, 0.2) is 42.5 Å². The van der Waals surface area contributed by atoms with Crippen LogP contribution in [0.5, 0.6) is 11.5 Å². The highest BCUT2D eigenvalue weighted by Gasteiger charge is 2.07. The molecule has 0 aliphatic rings. The van der Waals surface area contributed by atoms with Crippen molar-refractivity contribution in [1.82, 2.24) is 5.32 Å². The van der Waals surface area contributed by atoms with Gasteiger partial charge in [-0.2, -0.15) is 0 Å². The first-order chi connectivity index (χ1) is 9.74. The molecule has 0 spiro atoms. The highest BCUT2D eigenvalue weighted by Crippen LogP contribution is 2.23. The Bertz CT molecular complexity index is 572. The second kappa shape index (κ2) is 6.91. The van der Waals surface area contributed by atoms with Crippen molar-refractivity contribution >= 4 is 0 Å². The van der Waals surface area contributed by atoms with Crippen LogP contribution in [0.4, 0.5) is 4.39 Å². The number of hydrogen-bond acceptors (Lipinski definition) is 3. The zero-order valence-electron chi connectivity index (χ0n) is 11.7. The van der Waals surface area contributed by atoms with Gasteiger partial charge in [0.05, 0.1) is 7.11 Å². The van der Waals surface area contributed by atoms with Gasteiger partial charge >= 0.3 is 0 Å². The van der Waals surface area contributed by atoms with E-state index in [2.05, 4.69) is 5.32 Å². The average molecular weight is 275 g/mol. The summed E-state index contributed by atoms with van der Waals surface area (Å²) in [6, 6.07) is 12.2. The zero-order chi connectivity index (χ0) is 14.4. The van der Waals surface area contributed by atoms with Gasteiger partial charge in [0.1, 0.15) is 12.4 Å². The number of methoxy groups -OCH3 is 1. The molecule has 0 amide bonds. The lowest BCUT2D eigenvalue weighted by atomic mass is 10.1. The molecule has 0 fully saturated rings. The van der Waals surface area contributed by atoms with Crippen LogP contribution in [0.3, 0.4) is 0 Å². The third-order valence-electron chi connectivity index (χ3n) is 2.95. The summed E-state index contributed by atoms with van der Waals surface area (Å²) in [5.74, 6) is 0.618. The molecule has 0 unspecified atom stereocenters. The largest absolute Gasteiger partial charge is 0.496 e. The fourth-order valence-corrected chi connectivity index (χ4v) is 1.98. The minimum atomic E-state index is -0.363. The van der Waals surface area contributed by atoms with E-state index in [-0.39, 0.29) is 18.2 Å². The molecule has 0 heterocycles. The monoisotopic (exact) mass is 275 g/mol. The van der Waals surface area contributed by atoms with Gasteiger partial charge in [-0.3, -0.25) is 0 Å². The van der Waals surface area contributed by atoms with Gasteiger partial charge in [-0.15, -0.1) is 0 Å². The Balaban J connectivity index is 2.15. The number of rotatable bonds is 6. The van der Waals surface area contributed by atoms with Gasteiger partial charge in [0.15, 0.2) is 11.6 Å². The van der Waals surface area contributed by atoms with E-state index in [1.807, 2.05) is 25.2 Å². The first kappa shape index (κ1) is 14.3. The Morgan fingerprint density at radius 1 is 1.10 bits per heavy atom. The molecule has 3 nitrogen and oxygen atoms in total. The van der Waals surface area contributed by atoms with Gasteiger partial charge in [0, 0.05) is 12.1 Å². The van der Waals surface area contributed by atoms with Crippen LogP contribution >= 0.6 is 0 Å². The Kier molecular flexibility index (Phi) is 4.96. The second-order valence-electron chi connectivity index (χ2n) is 4.40. The van der Waals surface area contributed by atoms with E-state index >= 15 is 0 Å². The molecule has 106 valence electrons. The van der Waals surface area contributed by atoms with E-state index in [1.165, 1.54) is 6.07 Å². The van der Waals surface area contributed by atoms with E-state index in [0.717, 1.165) is 23.4 Å². The molecule has 0 aliphatic heterocycles. The zero-order valence-corrected chi connectivity index (χ0v) is 11.7. The molecule has 4 heteroatoms. The van der Waals surface area contributed by atoms with Crippen LogP contribution in [0.25, 0.3) is 0 Å². The third kappa shape index (κ3) is 3.48. The van der Waals surface area contributed by atoms with Crippen molar-refractivity contribution < 1.29 is 13.9 Å². The minimum absolute atomic E-state index is 0.244. The summed E-state index contributed by atoms with van der Waals surface area (Å²) in [4.78, 5) is 0. The summed E-state index contributed by atoms with van der Waals surface area (Å²) >= 11 is 0. The van der Waals surface area contributed by atoms with Crippen molar-refractivity contribution in [3.05, 3.63) is 59.4 Å². The van der Waals surface area contributed by atoms with Gasteiger partial charge in [0.25, 0.3) is 0 Å². The van der Waals surface area contributed by atoms with Crippen molar-refractivity contribution in [1.29, 1.82) is 0 Å². The summed E-state index contributed by atoms with van der Waals surface area (Å²) in [5.41, 5.74) is 2.02. The predicted molar refractivity (Wildman–Crippen MR) is 76.5 cm³/mol. The highest BCUT2D eigenvalue weighted by atomic mass is 19.1. The van der Waals surface area contributed by atoms with Crippen LogP contribution in [-0.2, 0) is 13.2 Å². The van der Waals surface area contributed by atoms with Crippen molar-refractivity contribution in [2.24, 2.45) is 0 Å². The van der Waals surface area contributed by atoms with Crippen molar-refractivity contribution in [2.75, 3.05) is 14.2 Å². The number of benzene rings is 2. The molecule has 0 radical (unpaired) electrons. The molecule has 1 N–H and O–H groups in total. The lowest BCUT2D eigenvalue weighted by Crippen LogP contribution is -2.07. The summed E-state index contributed by atoms with van der Waals surface area (Å²) < 4.78 is 24.3. The number of halogens is 1. The van der Waals surface area contributed by atoms with Gasteiger partial charge in [-0.1, -0.05) is 18.2 Å². The van der Waals surface area contributed by atoms with Crippen molar-refractivity contribution in [2.45, 2.75) is 13.2 Å². The van der Waals surface area contributed by atoms with Crippen LogP contribution in [-0.4, -0.2) is 14.2 Å². The molecule has 0 aromatic heterocycles. The number of para-hydroxylation sites is 1. The lowest BCUT2D eigenvalue weighted by Gasteiger charge is -2.12. The molecule has 0 bridgehead atoms. The normalized spacial score (nSPS) is 10.3. The molecule has 2 aromatic rings. The predicted octanol–water partition coefficient (Wildman–Crippen LogP) is 3.13. The van der Waals surface area contributed by atoms with Crippen molar-refractivity contribution in [3.8, 4) is 11.5 Å². The lowest BCUT2D eigenvalue weighted by molar-refractivity contribution is 0.282. The molecule has 0 atom stereocenters. The van der Waals surface area contributed by atoms with Crippen LogP contribution in [0.2, 0.25) is 0 Å². The standard InChI is InChI=1S/C16H18FNO2/c1-18-10-12-7-8-15(19-2)13(9-12)11-20-16-6-4-3-5-14(16)17/h3-9,18H,10-11H2,1-2H3. The summed E-state index contributed by atoms with van der Waals surface area (Å²) in [5, 5.41) is 3.09. The number of hydrogen-bond donors (Lipinski definition) is 1. The van der Waals surface area contributed by atoms with Gasteiger partial charge in [0.2, 0.25) is 0 Å². The SMILES string of the molecule is CNCc1ccc(OC)c(COc2ccccc2F)c1. The molecule has 2 rings (SSSR count). The van der Waals surface area contributed by atoms with E-state index < -0.39 is 0 Å². The molecular weight excluding hydrogens is 257 g/mol. The minimum Gasteiger partial charge on any atom is -0.496 e. The topological polar surface area (TPSA) is 30.5 Å². The Hall–Kier alpha value is -2.07. The second-order valence-corrected chi connectivity index (χ2v) is 4.40. The molecule has 0 saturated carbocycles. The molecule has 2 aromatic carbocycles. The van der Waals surface area contributed by atoms with Crippen LogP contribution in [0, 0.1) is 5.82 Å². The van der Waals surface area contributed by atoms with Gasteiger partial charge in [-0.05, 0) is 36.9 Å². The Morgan fingerprint density at radius 3 is 2.60 bits per heavy atom. The Morgan fingerprint density at radius 2 is 1.90 bits per heavy atom.